The highest BCUT2D eigenvalue weighted by atomic mass is 16.5. The number of rotatable bonds is 7. The zero-order chi connectivity index (χ0) is 14.3. The van der Waals surface area contributed by atoms with Crippen molar-refractivity contribution in [1.82, 2.24) is 0 Å². The lowest BCUT2D eigenvalue weighted by Gasteiger charge is -2.15. The van der Waals surface area contributed by atoms with E-state index < -0.39 is 0 Å². The molecule has 0 unspecified atom stereocenters. The fourth-order valence-electron chi connectivity index (χ4n) is 1.64. The Morgan fingerprint density at radius 2 is 2.11 bits per heavy atom. The van der Waals surface area contributed by atoms with Crippen molar-refractivity contribution in [3.63, 3.8) is 0 Å². The third-order valence-electron chi connectivity index (χ3n) is 2.72. The van der Waals surface area contributed by atoms with E-state index in [0.29, 0.717) is 30.9 Å². The first kappa shape index (κ1) is 15.3. The van der Waals surface area contributed by atoms with Crippen LogP contribution in [0.4, 0.5) is 0 Å². The van der Waals surface area contributed by atoms with E-state index in [0.717, 1.165) is 5.56 Å². The minimum absolute atomic E-state index is 0.124. The number of esters is 1. The van der Waals surface area contributed by atoms with Gasteiger partial charge >= 0.3 is 5.97 Å². The first-order valence-electron chi connectivity index (χ1n) is 6.21. The zero-order valence-electron chi connectivity index (χ0n) is 11.6. The van der Waals surface area contributed by atoms with Crippen molar-refractivity contribution >= 4 is 5.97 Å². The predicted octanol–water partition coefficient (Wildman–Crippen LogP) is 2.05. The van der Waals surface area contributed by atoms with Gasteiger partial charge in [-0.1, -0.05) is 6.07 Å². The van der Waals surface area contributed by atoms with E-state index in [-0.39, 0.29) is 12.0 Å². The Morgan fingerprint density at radius 1 is 1.37 bits per heavy atom. The van der Waals surface area contributed by atoms with Gasteiger partial charge in [0.25, 0.3) is 0 Å². The van der Waals surface area contributed by atoms with E-state index in [4.69, 9.17) is 15.2 Å². The topological polar surface area (TPSA) is 70.8 Å². The molecule has 1 aromatic carbocycles. The number of carbonyl (C=O) groups is 1. The summed E-state index contributed by atoms with van der Waals surface area (Å²) in [6.07, 6.45) is 0.941. The SMILES string of the molecule is COC(=O)CCCOc1cc(OC)ccc1[C@@H](C)N. The van der Waals surface area contributed by atoms with Crippen LogP contribution in [-0.2, 0) is 9.53 Å². The Labute approximate surface area is 113 Å². The van der Waals surface area contributed by atoms with Gasteiger partial charge in [-0.3, -0.25) is 4.79 Å². The molecule has 0 saturated carbocycles. The van der Waals surface area contributed by atoms with Crippen molar-refractivity contribution in [3.05, 3.63) is 23.8 Å². The second-order valence-electron chi connectivity index (χ2n) is 4.22. The molecule has 1 aromatic rings. The molecule has 0 saturated heterocycles. The minimum Gasteiger partial charge on any atom is -0.497 e. The average Bonchev–Trinajstić information content (AvgIpc) is 2.42. The van der Waals surface area contributed by atoms with E-state index in [1.807, 2.05) is 19.1 Å². The quantitative estimate of drug-likeness (QED) is 0.604. The van der Waals surface area contributed by atoms with E-state index in [1.165, 1.54) is 7.11 Å². The summed E-state index contributed by atoms with van der Waals surface area (Å²) in [5.74, 6) is 1.17. The molecule has 0 bridgehead atoms. The third-order valence-corrected chi connectivity index (χ3v) is 2.72. The van der Waals surface area contributed by atoms with Crippen molar-refractivity contribution in [2.75, 3.05) is 20.8 Å². The van der Waals surface area contributed by atoms with Crippen LogP contribution >= 0.6 is 0 Å². The molecule has 0 amide bonds. The van der Waals surface area contributed by atoms with Gasteiger partial charge in [0.15, 0.2) is 0 Å². The van der Waals surface area contributed by atoms with Gasteiger partial charge in [0, 0.05) is 24.1 Å². The molecular weight excluding hydrogens is 246 g/mol. The Kier molecular flexibility index (Phi) is 6.15. The first-order valence-corrected chi connectivity index (χ1v) is 6.21. The second-order valence-corrected chi connectivity index (χ2v) is 4.22. The highest BCUT2D eigenvalue weighted by molar-refractivity contribution is 5.69. The molecule has 0 aliphatic carbocycles. The predicted molar refractivity (Wildman–Crippen MR) is 72.3 cm³/mol. The van der Waals surface area contributed by atoms with Crippen molar-refractivity contribution in [2.24, 2.45) is 5.73 Å². The van der Waals surface area contributed by atoms with Crippen LogP contribution in [0.3, 0.4) is 0 Å². The summed E-state index contributed by atoms with van der Waals surface area (Å²) >= 11 is 0. The molecule has 5 nitrogen and oxygen atoms in total. The summed E-state index contributed by atoms with van der Waals surface area (Å²) < 4.78 is 15.4. The van der Waals surface area contributed by atoms with Crippen LogP contribution in [0.15, 0.2) is 18.2 Å². The molecule has 0 spiro atoms. The third kappa shape index (κ3) is 4.79. The molecule has 0 aliphatic heterocycles. The summed E-state index contributed by atoms with van der Waals surface area (Å²) in [6.45, 7) is 2.32. The Morgan fingerprint density at radius 3 is 2.68 bits per heavy atom. The molecule has 0 aromatic heterocycles. The largest absolute Gasteiger partial charge is 0.497 e. The maximum Gasteiger partial charge on any atom is 0.305 e. The minimum atomic E-state index is -0.235. The van der Waals surface area contributed by atoms with E-state index in [1.54, 1.807) is 13.2 Å². The van der Waals surface area contributed by atoms with Crippen LogP contribution in [0.5, 0.6) is 11.5 Å². The second kappa shape index (κ2) is 7.63. The standard InChI is InChI=1S/C14H21NO4/c1-10(15)12-7-6-11(17-2)9-13(12)19-8-4-5-14(16)18-3/h6-7,9-10H,4-5,8,15H2,1-3H3/t10-/m1/s1. The molecule has 1 rings (SSSR count). The van der Waals surface area contributed by atoms with Gasteiger partial charge in [-0.25, -0.2) is 0 Å². The van der Waals surface area contributed by atoms with Crippen LogP contribution in [0.2, 0.25) is 0 Å². The van der Waals surface area contributed by atoms with E-state index in [9.17, 15) is 4.79 Å². The van der Waals surface area contributed by atoms with E-state index in [2.05, 4.69) is 4.74 Å². The maximum atomic E-state index is 11.0. The van der Waals surface area contributed by atoms with Crippen molar-refractivity contribution in [1.29, 1.82) is 0 Å². The Hall–Kier alpha value is -1.75. The van der Waals surface area contributed by atoms with Crippen molar-refractivity contribution in [3.8, 4) is 11.5 Å². The number of ether oxygens (including phenoxy) is 3. The summed E-state index contributed by atoms with van der Waals surface area (Å²) in [4.78, 5) is 11.0. The Balaban J connectivity index is 2.62. The lowest BCUT2D eigenvalue weighted by atomic mass is 10.1. The summed E-state index contributed by atoms with van der Waals surface area (Å²) in [6, 6.07) is 5.41. The van der Waals surface area contributed by atoms with Gasteiger partial charge in [-0.2, -0.15) is 0 Å². The lowest BCUT2D eigenvalue weighted by molar-refractivity contribution is -0.140. The van der Waals surface area contributed by atoms with Gasteiger partial charge in [-0.15, -0.1) is 0 Å². The molecule has 106 valence electrons. The number of carbonyl (C=O) groups excluding carboxylic acids is 1. The molecule has 19 heavy (non-hydrogen) atoms. The monoisotopic (exact) mass is 267 g/mol. The molecular formula is C14H21NO4. The summed E-state index contributed by atoms with van der Waals surface area (Å²) in [7, 11) is 2.97. The van der Waals surface area contributed by atoms with Crippen molar-refractivity contribution < 1.29 is 19.0 Å². The van der Waals surface area contributed by atoms with E-state index >= 15 is 0 Å². The highest BCUT2D eigenvalue weighted by Gasteiger charge is 2.10. The number of nitrogens with two attached hydrogens (primary N) is 1. The number of hydrogen-bond acceptors (Lipinski definition) is 5. The summed E-state index contributed by atoms with van der Waals surface area (Å²) in [5.41, 5.74) is 6.80. The van der Waals surface area contributed by atoms with Crippen LogP contribution < -0.4 is 15.2 Å². The molecule has 5 heteroatoms. The fourth-order valence-corrected chi connectivity index (χ4v) is 1.64. The van der Waals surface area contributed by atoms with Gasteiger partial charge in [0.05, 0.1) is 20.8 Å². The average molecular weight is 267 g/mol. The molecule has 0 heterocycles. The normalized spacial score (nSPS) is 11.8. The zero-order valence-corrected chi connectivity index (χ0v) is 11.6. The van der Waals surface area contributed by atoms with Gasteiger partial charge in [0.2, 0.25) is 0 Å². The fraction of sp³-hybridized carbons (Fsp3) is 0.500. The Bertz CT molecular complexity index is 418. The lowest BCUT2D eigenvalue weighted by Crippen LogP contribution is -2.10. The molecule has 0 fully saturated rings. The number of benzene rings is 1. The van der Waals surface area contributed by atoms with Crippen molar-refractivity contribution in [2.45, 2.75) is 25.8 Å². The number of methoxy groups -OCH3 is 2. The van der Waals surface area contributed by atoms with Crippen LogP contribution in [0, 0.1) is 0 Å². The van der Waals surface area contributed by atoms with Crippen LogP contribution in [0.1, 0.15) is 31.4 Å². The number of hydrogen-bond donors (Lipinski definition) is 1. The van der Waals surface area contributed by atoms with Gasteiger partial charge < -0.3 is 19.9 Å². The summed E-state index contributed by atoms with van der Waals surface area (Å²) in [5, 5.41) is 0. The smallest absolute Gasteiger partial charge is 0.305 e. The van der Waals surface area contributed by atoms with Gasteiger partial charge in [-0.05, 0) is 19.4 Å². The van der Waals surface area contributed by atoms with Crippen LogP contribution in [-0.4, -0.2) is 26.8 Å². The molecule has 0 radical (unpaired) electrons. The van der Waals surface area contributed by atoms with Crippen LogP contribution in [0.25, 0.3) is 0 Å². The molecule has 0 aliphatic rings. The highest BCUT2D eigenvalue weighted by Crippen LogP contribution is 2.28. The molecule has 1 atom stereocenters. The molecule has 2 N–H and O–H groups in total. The van der Waals surface area contributed by atoms with Gasteiger partial charge in [0.1, 0.15) is 11.5 Å². The first-order chi connectivity index (χ1) is 9.08. The maximum absolute atomic E-state index is 11.0.